The Kier molecular flexibility index (Phi) is 3.20. The van der Waals surface area contributed by atoms with E-state index in [2.05, 4.69) is 6.58 Å². The SMILES string of the molecule is C=C[C@@H](N)c1ccc(Cl)c(Cl)c1O. The lowest BCUT2D eigenvalue weighted by Crippen LogP contribution is -2.06. The zero-order valence-electron chi connectivity index (χ0n) is 6.80. The molecule has 0 radical (unpaired) electrons. The maximum Gasteiger partial charge on any atom is 0.140 e. The van der Waals surface area contributed by atoms with Crippen LogP contribution in [-0.2, 0) is 0 Å². The minimum Gasteiger partial charge on any atom is -0.506 e. The van der Waals surface area contributed by atoms with Gasteiger partial charge in [0.25, 0.3) is 0 Å². The normalized spacial score (nSPS) is 12.5. The Morgan fingerprint density at radius 1 is 1.46 bits per heavy atom. The lowest BCUT2D eigenvalue weighted by atomic mass is 10.1. The monoisotopic (exact) mass is 217 g/mol. The van der Waals surface area contributed by atoms with Gasteiger partial charge in [0, 0.05) is 5.56 Å². The number of rotatable bonds is 2. The molecule has 70 valence electrons. The molecule has 2 nitrogen and oxygen atoms in total. The third-order valence-corrected chi connectivity index (χ3v) is 2.51. The van der Waals surface area contributed by atoms with E-state index in [9.17, 15) is 5.11 Å². The second-order valence-corrected chi connectivity index (χ2v) is 3.35. The van der Waals surface area contributed by atoms with Crippen LogP contribution in [0, 0.1) is 0 Å². The van der Waals surface area contributed by atoms with Crippen LogP contribution in [0.15, 0.2) is 24.8 Å². The molecule has 3 N–H and O–H groups in total. The number of hydrogen-bond acceptors (Lipinski definition) is 2. The maximum absolute atomic E-state index is 9.54. The molecule has 0 amide bonds. The summed E-state index contributed by atoms with van der Waals surface area (Å²) in [6.07, 6.45) is 1.51. The zero-order chi connectivity index (χ0) is 10.0. The van der Waals surface area contributed by atoms with Crippen LogP contribution in [0.25, 0.3) is 0 Å². The van der Waals surface area contributed by atoms with E-state index in [1.807, 2.05) is 0 Å². The van der Waals surface area contributed by atoms with E-state index >= 15 is 0 Å². The van der Waals surface area contributed by atoms with Crippen molar-refractivity contribution in [2.45, 2.75) is 6.04 Å². The number of halogens is 2. The lowest BCUT2D eigenvalue weighted by molar-refractivity contribution is 0.466. The summed E-state index contributed by atoms with van der Waals surface area (Å²) in [4.78, 5) is 0. The highest BCUT2D eigenvalue weighted by molar-refractivity contribution is 6.43. The fraction of sp³-hybridized carbons (Fsp3) is 0.111. The third-order valence-electron chi connectivity index (χ3n) is 1.71. The van der Waals surface area contributed by atoms with E-state index in [0.717, 1.165) is 0 Å². The lowest BCUT2D eigenvalue weighted by Gasteiger charge is -2.10. The van der Waals surface area contributed by atoms with Gasteiger partial charge in [-0.15, -0.1) is 6.58 Å². The fourth-order valence-corrected chi connectivity index (χ4v) is 1.28. The van der Waals surface area contributed by atoms with Crippen molar-refractivity contribution in [1.29, 1.82) is 0 Å². The van der Waals surface area contributed by atoms with Gasteiger partial charge in [-0.05, 0) is 6.07 Å². The van der Waals surface area contributed by atoms with Gasteiger partial charge in [0.15, 0.2) is 0 Å². The van der Waals surface area contributed by atoms with E-state index in [1.54, 1.807) is 12.1 Å². The van der Waals surface area contributed by atoms with Crippen LogP contribution in [0.3, 0.4) is 0 Å². The third kappa shape index (κ3) is 1.97. The minimum atomic E-state index is -0.435. The largest absolute Gasteiger partial charge is 0.506 e. The van der Waals surface area contributed by atoms with Crippen LogP contribution in [-0.4, -0.2) is 5.11 Å². The number of phenolic OH excluding ortho intramolecular Hbond substituents is 1. The Morgan fingerprint density at radius 3 is 2.62 bits per heavy atom. The fourth-order valence-electron chi connectivity index (χ4n) is 0.951. The molecule has 1 aromatic carbocycles. The summed E-state index contributed by atoms with van der Waals surface area (Å²) < 4.78 is 0. The average molecular weight is 218 g/mol. The number of hydrogen-bond donors (Lipinski definition) is 2. The van der Waals surface area contributed by atoms with Gasteiger partial charge >= 0.3 is 0 Å². The van der Waals surface area contributed by atoms with Gasteiger partial charge in [0.2, 0.25) is 0 Å². The quantitative estimate of drug-likeness (QED) is 0.749. The molecular formula is C9H9Cl2NO. The van der Waals surface area contributed by atoms with Gasteiger partial charge in [0.05, 0.1) is 11.1 Å². The number of nitrogens with two attached hydrogens (primary N) is 1. The topological polar surface area (TPSA) is 46.2 Å². The molecule has 0 unspecified atom stereocenters. The van der Waals surface area contributed by atoms with Crippen molar-refractivity contribution in [3.8, 4) is 5.75 Å². The Balaban J connectivity index is 3.25. The van der Waals surface area contributed by atoms with Gasteiger partial charge in [0.1, 0.15) is 10.8 Å². The molecule has 0 aliphatic carbocycles. The number of phenols is 1. The van der Waals surface area contributed by atoms with Crippen molar-refractivity contribution in [2.24, 2.45) is 5.73 Å². The molecule has 4 heteroatoms. The first-order valence-corrected chi connectivity index (χ1v) is 4.38. The highest BCUT2D eigenvalue weighted by Gasteiger charge is 2.12. The molecule has 13 heavy (non-hydrogen) atoms. The molecule has 1 rings (SSSR count). The van der Waals surface area contributed by atoms with E-state index in [4.69, 9.17) is 28.9 Å². The minimum absolute atomic E-state index is 0.0819. The van der Waals surface area contributed by atoms with E-state index in [1.165, 1.54) is 6.08 Å². The summed E-state index contributed by atoms with van der Waals surface area (Å²) in [5.74, 6) is -0.0819. The highest BCUT2D eigenvalue weighted by atomic mass is 35.5. The summed E-state index contributed by atoms with van der Waals surface area (Å²) in [6.45, 7) is 3.52. The molecule has 1 aromatic rings. The smallest absolute Gasteiger partial charge is 0.140 e. The number of aromatic hydroxyl groups is 1. The van der Waals surface area contributed by atoms with Gasteiger partial charge in [-0.3, -0.25) is 0 Å². The van der Waals surface area contributed by atoms with Crippen LogP contribution in [0.4, 0.5) is 0 Å². The van der Waals surface area contributed by atoms with Gasteiger partial charge < -0.3 is 10.8 Å². The van der Waals surface area contributed by atoms with Gasteiger partial charge in [-0.2, -0.15) is 0 Å². The average Bonchev–Trinajstić information content (AvgIpc) is 2.13. The van der Waals surface area contributed by atoms with E-state index < -0.39 is 6.04 Å². The summed E-state index contributed by atoms with van der Waals surface area (Å²) in [5.41, 5.74) is 6.15. The van der Waals surface area contributed by atoms with Crippen LogP contribution in [0.2, 0.25) is 10.0 Å². The summed E-state index contributed by atoms with van der Waals surface area (Å²) in [7, 11) is 0. The predicted octanol–water partition coefficient (Wildman–Crippen LogP) is 2.88. The zero-order valence-corrected chi connectivity index (χ0v) is 8.31. The molecule has 0 bridgehead atoms. The van der Waals surface area contributed by atoms with Crippen LogP contribution >= 0.6 is 23.2 Å². The molecule has 0 saturated heterocycles. The molecule has 0 heterocycles. The molecule has 0 saturated carbocycles. The Hall–Kier alpha value is -0.700. The molecule has 0 spiro atoms. The van der Waals surface area contributed by atoms with Crippen LogP contribution < -0.4 is 5.73 Å². The van der Waals surface area contributed by atoms with Crippen molar-refractivity contribution in [3.63, 3.8) is 0 Å². The maximum atomic E-state index is 9.54. The summed E-state index contributed by atoms with van der Waals surface area (Å²) in [5, 5.41) is 9.96. The van der Waals surface area contributed by atoms with E-state index in [-0.39, 0.29) is 10.8 Å². The van der Waals surface area contributed by atoms with Gasteiger partial charge in [-0.25, -0.2) is 0 Å². The summed E-state index contributed by atoms with van der Waals surface area (Å²) >= 11 is 11.4. The van der Waals surface area contributed by atoms with Crippen molar-refractivity contribution in [2.75, 3.05) is 0 Å². The van der Waals surface area contributed by atoms with Crippen molar-refractivity contribution in [3.05, 3.63) is 40.4 Å². The number of benzene rings is 1. The van der Waals surface area contributed by atoms with Crippen molar-refractivity contribution in [1.82, 2.24) is 0 Å². The highest BCUT2D eigenvalue weighted by Crippen LogP contribution is 2.36. The molecule has 0 aliphatic rings. The Labute approximate surface area is 86.6 Å². The summed E-state index contributed by atoms with van der Waals surface area (Å²) in [6, 6.07) is 2.77. The Bertz CT molecular complexity index is 339. The molecule has 0 fully saturated rings. The van der Waals surface area contributed by atoms with Crippen molar-refractivity contribution < 1.29 is 5.11 Å². The predicted molar refractivity (Wildman–Crippen MR) is 55.3 cm³/mol. The first kappa shape index (κ1) is 10.4. The Morgan fingerprint density at radius 2 is 2.08 bits per heavy atom. The molecular weight excluding hydrogens is 209 g/mol. The molecule has 0 aromatic heterocycles. The molecule has 1 atom stereocenters. The second-order valence-electron chi connectivity index (χ2n) is 2.56. The molecule has 0 aliphatic heterocycles. The van der Waals surface area contributed by atoms with Crippen molar-refractivity contribution >= 4 is 23.2 Å². The van der Waals surface area contributed by atoms with Gasteiger partial charge in [-0.1, -0.05) is 35.3 Å². The first-order valence-electron chi connectivity index (χ1n) is 3.63. The van der Waals surface area contributed by atoms with Crippen LogP contribution in [0.1, 0.15) is 11.6 Å². The standard InChI is InChI=1S/C9H9Cl2NO/c1-2-7(12)5-3-4-6(10)8(11)9(5)13/h2-4,7,13H,1,12H2/t7-/m1/s1. The van der Waals surface area contributed by atoms with Crippen LogP contribution in [0.5, 0.6) is 5.75 Å². The van der Waals surface area contributed by atoms with E-state index in [0.29, 0.717) is 10.6 Å². The second kappa shape index (κ2) is 4.01. The first-order chi connectivity index (χ1) is 6.07.